The number of halogens is 3. The summed E-state index contributed by atoms with van der Waals surface area (Å²) in [6.07, 6.45) is -4.21. The van der Waals surface area contributed by atoms with Crippen molar-refractivity contribution in [2.45, 2.75) is 13.1 Å². The number of nitrogens with one attached hydrogen (secondary N) is 1. The standard InChI is InChI=1S/C10H12F3NO/c1-2-15-9-5-3-4-8(6-9)14-7-10(11,12)13/h3-6,14H,2,7H2,1H3. The van der Waals surface area contributed by atoms with Gasteiger partial charge in [0.15, 0.2) is 0 Å². The molecule has 0 radical (unpaired) electrons. The highest BCUT2D eigenvalue weighted by Gasteiger charge is 2.26. The molecule has 0 atom stereocenters. The summed E-state index contributed by atoms with van der Waals surface area (Å²) >= 11 is 0. The zero-order chi connectivity index (χ0) is 11.3. The van der Waals surface area contributed by atoms with Crippen LogP contribution in [0.15, 0.2) is 24.3 Å². The highest BCUT2D eigenvalue weighted by molar-refractivity contribution is 5.48. The van der Waals surface area contributed by atoms with E-state index in [1.807, 2.05) is 6.92 Å². The van der Waals surface area contributed by atoms with Crippen molar-refractivity contribution in [1.29, 1.82) is 0 Å². The number of benzene rings is 1. The van der Waals surface area contributed by atoms with Gasteiger partial charge in [0.25, 0.3) is 0 Å². The summed E-state index contributed by atoms with van der Waals surface area (Å²) in [5, 5.41) is 2.28. The first kappa shape index (κ1) is 11.7. The van der Waals surface area contributed by atoms with Crippen molar-refractivity contribution in [3.8, 4) is 5.75 Å². The summed E-state index contributed by atoms with van der Waals surface area (Å²) in [4.78, 5) is 0. The quantitative estimate of drug-likeness (QED) is 0.840. The van der Waals surface area contributed by atoms with E-state index in [9.17, 15) is 13.2 Å². The van der Waals surface area contributed by atoms with Crippen LogP contribution in [0.4, 0.5) is 18.9 Å². The van der Waals surface area contributed by atoms with E-state index in [0.29, 0.717) is 18.0 Å². The fourth-order valence-electron chi connectivity index (χ4n) is 1.06. The maximum atomic E-state index is 11.9. The summed E-state index contributed by atoms with van der Waals surface area (Å²) in [6, 6.07) is 6.44. The van der Waals surface area contributed by atoms with Gasteiger partial charge in [-0.2, -0.15) is 13.2 Å². The van der Waals surface area contributed by atoms with Crippen molar-refractivity contribution in [3.63, 3.8) is 0 Å². The minimum absolute atomic E-state index is 0.401. The Labute approximate surface area is 86.1 Å². The van der Waals surface area contributed by atoms with Gasteiger partial charge in [0, 0.05) is 11.8 Å². The molecule has 1 rings (SSSR count). The minimum atomic E-state index is -4.21. The topological polar surface area (TPSA) is 21.3 Å². The molecule has 2 nitrogen and oxygen atoms in total. The Kier molecular flexibility index (Phi) is 3.82. The van der Waals surface area contributed by atoms with Crippen LogP contribution in [-0.2, 0) is 0 Å². The van der Waals surface area contributed by atoms with E-state index in [2.05, 4.69) is 5.32 Å². The normalized spacial score (nSPS) is 11.2. The molecule has 0 aliphatic rings. The lowest BCUT2D eigenvalue weighted by atomic mass is 10.3. The number of hydrogen-bond acceptors (Lipinski definition) is 2. The van der Waals surface area contributed by atoms with Gasteiger partial charge in [-0.3, -0.25) is 0 Å². The Morgan fingerprint density at radius 2 is 2.07 bits per heavy atom. The van der Waals surface area contributed by atoms with Crippen LogP contribution in [0, 0.1) is 0 Å². The van der Waals surface area contributed by atoms with Crippen molar-refractivity contribution in [2.24, 2.45) is 0 Å². The number of anilines is 1. The summed E-state index contributed by atoms with van der Waals surface area (Å²) in [7, 11) is 0. The highest BCUT2D eigenvalue weighted by atomic mass is 19.4. The van der Waals surface area contributed by atoms with Crippen molar-refractivity contribution >= 4 is 5.69 Å². The van der Waals surface area contributed by atoms with E-state index in [1.165, 1.54) is 6.07 Å². The zero-order valence-electron chi connectivity index (χ0n) is 8.27. The van der Waals surface area contributed by atoms with Gasteiger partial charge in [-0.25, -0.2) is 0 Å². The highest BCUT2D eigenvalue weighted by Crippen LogP contribution is 2.20. The lowest BCUT2D eigenvalue weighted by Crippen LogP contribution is -2.21. The fraction of sp³-hybridized carbons (Fsp3) is 0.400. The molecule has 0 saturated heterocycles. The Bertz CT molecular complexity index is 312. The van der Waals surface area contributed by atoms with E-state index >= 15 is 0 Å². The Hall–Kier alpha value is -1.39. The van der Waals surface area contributed by atoms with Crippen LogP contribution >= 0.6 is 0 Å². The lowest BCUT2D eigenvalue weighted by Gasteiger charge is -2.10. The molecule has 0 aliphatic carbocycles. The molecule has 1 N–H and O–H groups in total. The van der Waals surface area contributed by atoms with Gasteiger partial charge in [-0.1, -0.05) is 6.07 Å². The molecule has 0 amide bonds. The number of ether oxygens (including phenoxy) is 1. The molecule has 0 spiro atoms. The van der Waals surface area contributed by atoms with E-state index in [0.717, 1.165) is 0 Å². The van der Waals surface area contributed by atoms with Gasteiger partial charge >= 0.3 is 6.18 Å². The number of rotatable bonds is 4. The molecule has 0 heterocycles. The van der Waals surface area contributed by atoms with E-state index in [4.69, 9.17) is 4.74 Å². The predicted octanol–water partition coefficient (Wildman–Crippen LogP) is 3.06. The van der Waals surface area contributed by atoms with Crippen LogP contribution in [0.2, 0.25) is 0 Å². The largest absolute Gasteiger partial charge is 0.494 e. The van der Waals surface area contributed by atoms with Gasteiger partial charge in [-0.15, -0.1) is 0 Å². The second-order valence-electron chi connectivity index (χ2n) is 2.93. The molecule has 84 valence electrons. The molecule has 1 aromatic rings. The Balaban J connectivity index is 2.57. The molecule has 0 unspecified atom stereocenters. The molecule has 0 aliphatic heterocycles. The maximum absolute atomic E-state index is 11.9. The lowest BCUT2D eigenvalue weighted by molar-refractivity contribution is -0.115. The summed E-state index contributed by atoms with van der Waals surface area (Å²) in [5.41, 5.74) is 0.401. The van der Waals surface area contributed by atoms with Crippen LogP contribution in [-0.4, -0.2) is 19.3 Å². The summed E-state index contributed by atoms with van der Waals surface area (Å²) in [5.74, 6) is 0.560. The average molecular weight is 219 g/mol. The van der Waals surface area contributed by atoms with Crippen molar-refractivity contribution in [1.82, 2.24) is 0 Å². The van der Waals surface area contributed by atoms with E-state index < -0.39 is 12.7 Å². The van der Waals surface area contributed by atoms with Gasteiger partial charge in [0.05, 0.1) is 6.61 Å². The van der Waals surface area contributed by atoms with Gasteiger partial charge in [-0.05, 0) is 19.1 Å². The molecule has 0 saturated carbocycles. The second-order valence-corrected chi connectivity index (χ2v) is 2.93. The predicted molar refractivity (Wildman–Crippen MR) is 52.2 cm³/mol. The smallest absolute Gasteiger partial charge is 0.405 e. The third kappa shape index (κ3) is 4.58. The van der Waals surface area contributed by atoms with Crippen LogP contribution in [0.25, 0.3) is 0 Å². The molecular weight excluding hydrogens is 207 g/mol. The first-order valence-electron chi connectivity index (χ1n) is 4.55. The van der Waals surface area contributed by atoms with Crippen LogP contribution < -0.4 is 10.1 Å². The Morgan fingerprint density at radius 3 is 2.67 bits per heavy atom. The van der Waals surface area contributed by atoms with Gasteiger partial charge in [0.1, 0.15) is 12.3 Å². The van der Waals surface area contributed by atoms with Gasteiger partial charge < -0.3 is 10.1 Å². The molecule has 0 bridgehead atoms. The molecule has 5 heteroatoms. The van der Waals surface area contributed by atoms with E-state index in [-0.39, 0.29) is 0 Å². The SMILES string of the molecule is CCOc1cccc(NCC(F)(F)F)c1. The van der Waals surface area contributed by atoms with Crippen LogP contribution in [0.3, 0.4) is 0 Å². The summed E-state index contributed by atoms with van der Waals surface area (Å²) < 4.78 is 40.8. The molecule has 15 heavy (non-hydrogen) atoms. The van der Waals surface area contributed by atoms with Crippen LogP contribution in [0.5, 0.6) is 5.75 Å². The summed E-state index contributed by atoms with van der Waals surface area (Å²) in [6.45, 7) is 1.26. The molecular formula is C10H12F3NO. The molecule has 0 aromatic heterocycles. The molecule has 0 fully saturated rings. The monoisotopic (exact) mass is 219 g/mol. The van der Waals surface area contributed by atoms with E-state index in [1.54, 1.807) is 18.2 Å². The number of hydrogen-bond donors (Lipinski definition) is 1. The van der Waals surface area contributed by atoms with Crippen molar-refractivity contribution < 1.29 is 17.9 Å². The first-order chi connectivity index (χ1) is 7.01. The average Bonchev–Trinajstić information content (AvgIpc) is 2.15. The first-order valence-corrected chi connectivity index (χ1v) is 4.55. The Morgan fingerprint density at radius 1 is 1.33 bits per heavy atom. The minimum Gasteiger partial charge on any atom is -0.494 e. The fourth-order valence-corrected chi connectivity index (χ4v) is 1.06. The molecule has 1 aromatic carbocycles. The number of alkyl halides is 3. The zero-order valence-corrected chi connectivity index (χ0v) is 8.27. The third-order valence-electron chi connectivity index (χ3n) is 1.64. The van der Waals surface area contributed by atoms with Gasteiger partial charge in [0.2, 0.25) is 0 Å². The third-order valence-corrected chi connectivity index (χ3v) is 1.64. The van der Waals surface area contributed by atoms with Crippen molar-refractivity contribution in [3.05, 3.63) is 24.3 Å². The van der Waals surface area contributed by atoms with Crippen molar-refractivity contribution in [2.75, 3.05) is 18.5 Å². The second kappa shape index (κ2) is 4.91. The maximum Gasteiger partial charge on any atom is 0.405 e. The van der Waals surface area contributed by atoms with Crippen LogP contribution in [0.1, 0.15) is 6.92 Å².